The van der Waals surface area contributed by atoms with Gasteiger partial charge in [-0.05, 0) is 19.6 Å². The number of hydrogen-bond acceptors (Lipinski definition) is 0. The molecule has 0 aliphatic heterocycles. The number of hydrogen-bond donors (Lipinski definition) is 0. The van der Waals surface area contributed by atoms with Gasteiger partial charge in [-0.3, -0.25) is 0 Å². The first-order valence-electron chi connectivity index (χ1n) is 3.03. The zero-order chi connectivity index (χ0) is 6.69. The molecule has 0 aromatic heterocycles. The largest absolute Gasteiger partial charge is 1.00 e. The molecule has 0 saturated heterocycles. The van der Waals surface area contributed by atoms with Crippen LogP contribution in [0.15, 0.2) is 24.3 Å². The normalized spacial score (nSPS) is 8.60. The molecule has 0 N–H and O–H groups in total. The van der Waals surface area contributed by atoms with Gasteiger partial charge < -0.3 is 12.4 Å². The summed E-state index contributed by atoms with van der Waals surface area (Å²) in [5.74, 6) is 0.945. The number of benzene rings is 1. The zero-order valence-corrected chi connectivity index (χ0v) is 7.65. The third-order valence-corrected chi connectivity index (χ3v) is 1.73. The van der Waals surface area contributed by atoms with E-state index >= 15 is 0 Å². The molecule has 0 atom stereocenters. The van der Waals surface area contributed by atoms with Gasteiger partial charge in [-0.15, -0.1) is 0 Å². The van der Waals surface area contributed by atoms with E-state index < -0.39 is 0 Å². The predicted octanol–water partition coefficient (Wildman–Crippen LogP) is -1.49. The SMILES string of the molecule is Cc1ccc(C[SH2+])cc1.[Cl-]. The molecule has 0 bridgehead atoms. The van der Waals surface area contributed by atoms with Gasteiger partial charge in [-0.2, -0.15) is 0 Å². The standard InChI is InChI=1S/C8H10S.ClH/c1-7-2-4-8(6-9)5-3-7;/h2-5,9H,6H2,1H3;1H. The average molecular weight is 175 g/mol. The lowest BCUT2D eigenvalue weighted by molar-refractivity contribution is -0.00000185. The minimum Gasteiger partial charge on any atom is -1.00 e. The van der Waals surface area contributed by atoms with Crippen molar-refractivity contribution < 1.29 is 12.4 Å². The number of rotatable bonds is 1. The fourth-order valence-corrected chi connectivity index (χ4v) is 0.942. The maximum Gasteiger partial charge on any atom is 0.128 e. The van der Waals surface area contributed by atoms with Gasteiger partial charge in [0, 0.05) is 5.56 Å². The third-order valence-electron chi connectivity index (χ3n) is 1.32. The maximum absolute atomic E-state index is 3.43. The molecule has 0 aliphatic carbocycles. The van der Waals surface area contributed by atoms with Crippen molar-refractivity contribution in [2.24, 2.45) is 0 Å². The van der Waals surface area contributed by atoms with Crippen LogP contribution < -0.4 is 12.4 Å². The summed E-state index contributed by atoms with van der Waals surface area (Å²) in [6, 6.07) is 8.50. The highest BCUT2D eigenvalue weighted by molar-refractivity contribution is 7.57. The van der Waals surface area contributed by atoms with Gasteiger partial charge in [0.1, 0.15) is 5.75 Å². The van der Waals surface area contributed by atoms with Gasteiger partial charge in [-0.1, -0.05) is 29.8 Å². The molecule has 0 aliphatic rings. The fraction of sp³-hybridized carbons (Fsp3) is 0.250. The molecular weight excluding hydrogens is 164 g/mol. The quantitative estimate of drug-likeness (QED) is 0.456. The second kappa shape index (κ2) is 4.64. The smallest absolute Gasteiger partial charge is 0.128 e. The Kier molecular flexibility index (Phi) is 4.58. The van der Waals surface area contributed by atoms with E-state index in [-0.39, 0.29) is 12.4 Å². The Balaban J connectivity index is 0.000000810. The molecule has 0 spiro atoms. The molecule has 0 unspecified atom stereocenters. The number of halogens is 1. The van der Waals surface area contributed by atoms with E-state index in [0.717, 1.165) is 5.75 Å². The summed E-state index contributed by atoms with van der Waals surface area (Å²) in [7, 11) is 0. The predicted molar refractivity (Wildman–Crippen MR) is 45.0 cm³/mol. The van der Waals surface area contributed by atoms with Crippen molar-refractivity contribution >= 4 is 12.6 Å². The zero-order valence-electron chi connectivity index (χ0n) is 5.89. The monoisotopic (exact) mass is 174 g/mol. The van der Waals surface area contributed by atoms with Crippen molar-refractivity contribution in [2.75, 3.05) is 0 Å². The van der Waals surface area contributed by atoms with E-state index in [9.17, 15) is 0 Å². The van der Waals surface area contributed by atoms with Crippen LogP contribution in [0.25, 0.3) is 0 Å². The van der Waals surface area contributed by atoms with Crippen LogP contribution in [0.3, 0.4) is 0 Å². The van der Waals surface area contributed by atoms with E-state index in [1.165, 1.54) is 11.1 Å². The molecular formula is C8H11ClS. The van der Waals surface area contributed by atoms with Gasteiger partial charge in [0.2, 0.25) is 0 Å². The average Bonchev–Trinajstić information content (AvgIpc) is 1.90. The highest BCUT2D eigenvalue weighted by atomic mass is 35.5. The van der Waals surface area contributed by atoms with Gasteiger partial charge >= 0.3 is 0 Å². The lowest BCUT2D eigenvalue weighted by Crippen LogP contribution is -3.00. The van der Waals surface area contributed by atoms with E-state index in [4.69, 9.17) is 0 Å². The molecule has 0 heterocycles. The Labute approximate surface area is 73.5 Å². The van der Waals surface area contributed by atoms with Crippen molar-refractivity contribution in [2.45, 2.75) is 12.7 Å². The highest BCUT2D eigenvalue weighted by Gasteiger charge is 1.88. The summed E-state index contributed by atoms with van der Waals surface area (Å²) >= 11 is 3.43. The Hall–Kier alpha value is -0.140. The van der Waals surface area contributed by atoms with Crippen LogP contribution in [0.1, 0.15) is 11.1 Å². The van der Waals surface area contributed by atoms with E-state index in [1.807, 2.05) is 0 Å². The second-order valence-electron chi connectivity index (χ2n) is 2.16. The molecule has 1 aromatic carbocycles. The van der Waals surface area contributed by atoms with Gasteiger partial charge in [0.15, 0.2) is 0 Å². The maximum atomic E-state index is 3.43. The van der Waals surface area contributed by atoms with Crippen molar-refractivity contribution in [3.8, 4) is 0 Å². The first kappa shape index (κ1) is 9.86. The molecule has 0 fully saturated rings. The van der Waals surface area contributed by atoms with Crippen LogP contribution in [0.4, 0.5) is 0 Å². The highest BCUT2D eigenvalue weighted by Crippen LogP contribution is 2.01. The summed E-state index contributed by atoms with van der Waals surface area (Å²) in [6.45, 7) is 2.09. The lowest BCUT2D eigenvalue weighted by atomic mass is 10.2. The minimum absolute atomic E-state index is 0. The van der Waals surface area contributed by atoms with Gasteiger partial charge in [0.25, 0.3) is 0 Å². The summed E-state index contributed by atoms with van der Waals surface area (Å²) in [4.78, 5) is 0. The molecule has 0 nitrogen and oxygen atoms in total. The van der Waals surface area contributed by atoms with E-state index in [1.54, 1.807) is 0 Å². The van der Waals surface area contributed by atoms with Gasteiger partial charge in [-0.25, -0.2) is 0 Å². The van der Waals surface area contributed by atoms with E-state index in [0.29, 0.717) is 0 Å². The van der Waals surface area contributed by atoms with Crippen LogP contribution in [-0.4, -0.2) is 0 Å². The molecule has 0 saturated carbocycles. The molecule has 1 rings (SSSR count). The van der Waals surface area contributed by atoms with Crippen molar-refractivity contribution in [3.05, 3.63) is 35.4 Å². The molecule has 2 heteroatoms. The Bertz CT molecular complexity index is 181. The number of aryl methyl sites for hydroxylation is 1. The van der Waals surface area contributed by atoms with Crippen LogP contribution in [-0.2, 0) is 18.4 Å². The van der Waals surface area contributed by atoms with Crippen LogP contribution in [0.2, 0.25) is 0 Å². The third kappa shape index (κ3) is 2.63. The Morgan fingerprint density at radius 2 is 1.70 bits per heavy atom. The topological polar surface area (TPSA) is 0 Å². The lowest BCUT2D eigenvalue weighted by Gasteiger charge is -1.91. The van der Waals surface area contributed by atoms with Gasteiger partial charge in [0.05, 0.1) is 0 Å². The summed E-state index contributed by atoms with van der Waals surface area (Å²) in [5, 5.41) is 0. The van der Waals surface area contributed by atoms with Crippen LogP contribution in [0, 0.1) is 6.92 Å². The second-order valence-corrected chi connectivity index (χ2v) is 2.52. The molecule has 56 valence electrons. The molecule has 0 amide bonds. The first-order chi connectivity index (χ1) is 4.33. The van der Waals surface area contributed by atoms with Crippen LogP contribution >= 0.6 is 0 Å². The van der Waals surface area contributed by atoms with E-state index in [2.05, 4.69) is 43.8 Å². The Morgan fingerprint density at radius 3 is 2.10 bits per heavy atom. The Morgan fingerprint density at radius 1 is 1.20 bits per heavy atom. The first-order valence-corrected chi connectivity index (χ1v) is 3.74. The fourth-order valence-electron chi connectivity index (χ4n) is 0.706. The van der Waals surface area contributed by atoms with Crippen molar-refractivity contribution in [1.29, 1.82) is 0 Å². The molecule has 1 aromatic rings. The van der Waals surface area contributed by atoms with Crippen molar-refractivity contribution in [1.82, 2.24) is 0 Å². The van der Waals surface area contributed by atoms with Crippen molar-refractivity contribution in [3.63, 3.8) is 0 Å². The summed E-state index contributed by atoms with van der Waals surface area (Å²) in [6.07, 6.45) is 0. The van der Waals surface area contributed by atoms with Crippen LogP contribution in [0.5, 0.6) is 0 Å². The molecule has 0 radical (unpaired) electrons. The summed E-state index contributed by atoms with van der Waals surface area (Å²) in [5.41, 5.74) is 2.65. The summed E-state index contributed by atoms with van der Waals surface area (Å²) < 4.78 is 0. The minimum atomic E-state index is 0. The molecule has 10 heavy (non-hydrogen) atoms.